The van der Waals surface area contributed by atoms with Gasteiger partial charge in [0.25, 0.3) is 0 Å². The Bertz CT molecular complexity index is 1180. The number of ether oxygens (including phenoxy) is 1. The minimum atomic E-state index is -0.443. The van der Waals surface area contributed by atoms with Gasteiger partial charge >= 0.3 is 5.97 Å². The second-order valence-corrected chi connectivity index (χ2v) is 9.61. The number of piperazine rings is 1. The maximum Gasteiger partial charge on any atom is 0.349 e. The van der Waals surface area contributed by atoms with E-state index in [1.807, 2.05) is 18.2 Å². The van der Waals surface area contributed by atoms with E-state index in [1.165, 1.54) is 24.5 Å². The SMILES string of the molecule is COC(=O)c1sc2cc(NC(=S)N3CCN(Cc4ccc(F)c(Cl)c4)CC3)ccc2c1Cl. The number of nitrogens with one attached hydrogen (secondary N) is 1. The molecule has 1 aromatic heterocycles. The number of thiocarbonyl (C=S) groups is 1. The van der Waals surface area contributed by atoms with Gasteiger partial charge in [-0.2, -0.15) is 0 Å². The van der Waals surface area contributed by atoms with Crippen LogP contribution in [0.15, 0.2) is 36.4 Å². The highest BCUT2D eigenvalue weighted by atomic mass is 35.5. The van der Waals surface area contributed by atoms with Crippen molar-refractivity contribution in [3.8, 4) is 0 Å². The summed E-state index contributed by atoms with van der Waals surface area (Å²) in [7, 11) is 1.34. The minimum absolute atomic E-state index is 0.147. The number of nitrogens with zero attached hydrogens (tertiary/aromatic N) is 2. The van der Waals surface area contributed by atoms with Crippen LogP contribution in [-0.4, -0.2) is 54.2 Å². The number of benzene rings is 2. The van der Waals surface area contributed by atoms with Gasteiger partial charge in [-0.05, 0) is 48.1 Å². The Morgan fingerprint density at radius 2 is 1.94 bits per heavy atom. The number of rotatable bonds is 4. The molecule has 0 atom stereocenters. The van der Waals surface area contributed by atoms with Crippen LogP contribution < -0.4 is 5.32 Å². The first kappa shape index (κ1) is 23.2. The molecule has 168 valence electrons. The van der Waals surface area contributed by atoms with Gasteiger partial charge in [-0.3, -0.25) is 4.90 Å². The molecule has 0 spiro atoms. The summed E-state index contributed by atoms with van der Waals surface area (Å²) in [5.74, 6) is -0.844. The molecule has 0 aliphatic carbocycles. The van der Waals surface area contributed by atoms with Gasteiger partial charge in [0, 0.05) is 48.5 Å². The van der Waals surface area contributed by atoms with E-state index in [4.69, 9.17) is 40.2 Å². The van der Waals surface area contributed by atoms with Crippen LogP contribution in [0.4, 0.5) is 10.1 Å². The molecule has 1 N–H and O–H groups in total. The van der Waals surface area contributed by atoms with E-state index in [9.17, 15) is 9.18 Å². The van der Waals surface area contributed by atoms with Crippen molar-refractivity contribution in [2.75, 3.05) is 38.6 Å². The molecule has 0 unspecified atom stereocenters. The Morgan fingerprint density at radius 3 is 2.62 bits per heavy atom. The Kier molecular flexibility index (Phi) is 7.17. The molecule has 5 nitrogen and oxygen atoms in total. The average Bonchev–Trinajstić information content (AvgIpc) is 3.12. The topological polar surface area (TPSA) is 44.8 Å². The Hall–Kier alpha value is -1.97. The molecule has 32 heavy (non-hydrogen) atoms. The number of esters is 1. The summed E-state index contributed by atoms with van der Waals surface area (Å²) >= 11 is 19.1. The van der Waals surface area contributed by atoms with Gasteiger partial charge in [-0.25, -0.2) is 9.18 Å². The fourth-order valence-corrected chi connectivity index (χ4v) is 5.54. The lowest BCUT2D eigenvalue weighted by Gasteiger charge is -2.36. The van der Waals surface area contributed by atoms with Crippen LogP contribution in [0, 0.1) is 5.82 Å². The van der Waals surface area contributed by atoms with Crippen molar-refractivity contribution >= 4 is 73.6 Å². The van der Waals surface area contributed by atoms with Gasteiger partial charge in [0.05, 0.1) is 17.2 Å². The summed E-state index contributed by atoms with van der Waals surface area (Å²) in [5, 5.41) is 5.29. The number of methoxy groups -OCH3 is 1. The molecule has 0 radical (unpaired) electrons. The van der Waals surface area contributed by atoms with Crippen molar-refractivity contribution in [3.63, 3.8) is 0 Å². The van der Waals surface area contributed by atoms with Crippen molar-refractivity contribution < 1.29 is 13.9 Å². The van der Waals surface area contributed by atoms with Gasteiger partial charge in [-0.1, -0.05) is 29.3 Å². The average molecular weight is 512 g/mol. The molecule has 1 aliphatic rings. The van der Waals surface area contributed by atoms with Gasteiger partial charge in [-0.15, -0.1) is 11.3 Å². The maximum absolute atomic E-state index is 13.4. The first-order valence-electron chi connectivity index (χ1n) is 9.88. The molecule has 1 saturated heterocycles. The lowest BCUT2D eigenvalue weighted by Crippen LogP contribution is -2.49. The van der Waals surface area contributed by atoms with E-state index in [2.05, 4.69) is 15.1 Å². The molecule has 4 rings (SSSR count). The third-order valence-corrected chi connectivity index (χ3v) is 7.59. The van der Waals surface area contributed by atoms with E-state index in [1.54, 1.807) is 12.1 Å². The number of thiophene rings is 1. The molecule has 0 amide bonds. The van der Waals surface area contributed by atoms with Gasteiger partial charge in [0.1, 0.15) is 10.7 Å². The molecular formula is C22H20Cl2FN3O2S2. The molecule has 1 fully saturated rings. The summed E-state index contributed by atoms with van der Waals surface area (Å²) in [5.41, 5.74) is 1.82. The van der Waals surface area contributed by atoms with Crippen molar-refractivity contribution in [3.05, 3.63) is 62.7 Å². The fourth-order valence-electron chi connectivity index (χ4n) is 3.57. The standard InChI is InChI=1S/C22H20Cl2FN3O2S2/c1-30-21(29)20-19(24)15-4-3-14(11-18(15)32-20)26-22(31)28-8-6-27(7-9-28)12-13-2-5-17(25)16(23)10-13/h2-5,10-11H,6-9,12H2,1H3,(H,26,31). The van der Waals surface area contributed by atoms with Gasteiger partial charge in [0.15, 0.2) is 5.11 Å². The number of anilines is 1. The zero-order valence-corrected chi connectivity index (χ0v) is 20.3. The van der Waals surface area contributed by atoms with Crippen molar-refractivity contribution in [1.29, 1.82) is 0 Å². The zero-order chi connectivity index (χ0) is 22.8. The van der Waals surface area contributed by atoms with Crippen molar-refractivity contribution in [2.24, 2.45) is 0 Å². The molecule has 1 aliphatic heterocycles. The first-order valence-corrected chi connectivity index (χ1v) is 11.9. The third-order valence-electron chi connectivity index (χ3n) is 5.30. The van der Waals surface area contributed by atoms with Gasteiger partial charge < -0.3 is 15.0 Å². The van der Waals surface area contributed by atoms with E-state index >= 15 is 0 Å². The van der Waals surface area contributed by atoms with Gasteiger partial charge in [0.2, 0.25) is 0 Å². The quantitative estimate of drug-likeness (QED) is 0.360. The summed E-state index contributed by atoms with van der Waals surface area (Å²) in [6.07, 6.45) is 0. The Balaban J connectivity index is 1.36. The number of halogens is 3. The highest BCUT2D eigenvalue weighted by Crippen LogP contribution is 2.37. The lowest BCUT2D eigenvalue weighted by atomic mass is 10.2. The van der Waals surface area contributed by atoms with Crippen LogP contribution in [0.1, 0.15) is 15.2 Å². The molecule has 0 bridgehead atoms. The Morgan fingerprint density at radius 1 is 1.19 bits per heavy atom. The summed E-state index contributed by atoms with van der Waals surface area (Å²) < 4.78 is 19.0. The lowest BCUT2D eigenvalue weighted by molar-refractivity contribution is 0.0606. The smallest absolute Gasteiger partial charge is 0.349 e. The number of fused-ring (bicyclic) bond motifs is 1. The van der Waals surface area contributed by atoms with Crippen LogP contribution in [0.5, 0.6) is 0 Å². The van der Waals surface area contributed by atoms with E-state index < -0.39 is 11.8 Å². The van der Waals surface area contributed by atoms with Crippen molar-refractivity contribution in [2.45, 2.75) is 6.54 Å². The number of carbonyl (C=O) groups is 1. The normalized spacial score (nSPS) is 14.6. The summed E-state index contributed by atoms with van der Waals surface area (Å²) in [6, 6.07) is 10.5. The molecular weight excluding hydrogens is 492 g/mol. The van der Waals surface area contributed by atoms with E-state index in [-0.39, 0.29) is 5.02 Å². The van der Waals surface area contributed by atoms with Crippen LogP contribution in [0.25, 0.3) is 10.1 Å². The van der Waals surface area contributed by atoms with Crippen LogP contribution >= 0.6 is 46.8 Å². The monoisotopic (exact) mass is 511 g/mol. The number of hydrogen-bond donors (Lipinski definition) is 1. The Labute approximate surface area is 204 Å². The predicted molar refractivity (Wildman–Crippen MR) is 133 cm³/mol. The largest absolute Gasteiger partial charge is 0.465 e. The van der Waals surface area contributed by atoms with Crippen LogP contribution in [0.2, 0.25) is 10.0 Å². The highest BCUT2D eigenvalue weighted by molar-refractivity contribution is 7.80. The highest BCUT2D eigenvalue weighted by Gasteiger charge is 2.21. The van der Waals surface area contributed by atoms with Crippen molar-refractivity contribution in [1.82, 2.24) is 9.80 Å². The number of hydrogen-bond acceptors (Lipinski definition) is 5. The molecule has 10 heteroatoms. The summed E-state index contributed by atoms with van der Waals surface area (Å²) in [4.78, 5) is 16.7. The third kappa shape index (κ3) is 5.00. The molecule has 2 aromatic carbocycles. The van der Waals surface area contributed by atoms with Crippen LogP contribution in [0.3, 0.4) is 0 Å². The molecule has 2 heterocycles. The zero-order valence-electron chi connectivity index (χ0n) is 17.2. The second kappa shape index (κ2) is 9.89. The fraction of sp³-hybridized carbons (Fsp3) is 0.273. The summed E-state index contributed by atoms with van der Waals surface area (Å²) in [6.45, 7) is 3.94. The predicted octanol–water partition coefficient (Wildman–Crippen LogP) is 5.65. The second-order valence-electron chi connectivity index (χ2n) is 7.39. The molecule has 3 aromatic rings. The van der Waals surface area contributed by atoms with E-state index in [0.717, 1.165) is 47.5 Å². The first-order chi connectivity index (χ1) is 15.4. The van der Waals surface area contributed by atoms with E-state index in [0.29, 0.717) is 21.6 Å². The minimum Gasteiger partial charge on any atom is -0.465 e. The maximum atomic E-state index is 13.4. The number of carbonyl (C=O) groups excluding carboxylic acids is 1. The molecule has 0 saturated carbocycles. The van der Waals surface area contributed by atoms with Crippen LogP contribution in [-0.2, 0) is 11.3 Å².